The van der Waals surface area contributed by atoms with Crippen molar-refractivity contribution in [3.63, 3.8) is 0 Å². The predicted molar refractivity (Wildman–Crippen MR) is 154 cm³/mol. The molecule has 6 rings (SSSR count). The highest BCUT2D eigenvalue weighted by atomic mass is 35.5. The van der Waals surface area contributed by atoms with Crippen molar-refractivity contribution in [1.82, 2.24) is 24.3 Å². The molecule has 0 aliphatic carbocycles. The van der Waals surface area contributed by atoms with Crippen LogP contribution in [0, 0.1) is 0 Å². The normalized spacial score (nSPS) is 17.3. The monoisotopic (exact) mass is 613 g/mol. The average Bonchev–Trinajstić information content (AvgIpc) is 3.58. The van der Waals surface area contributed by atoms with Crippen molar-refractivity contribution in [2.24, 2.45) is 0 Å². The summed E-state index contributed by atoms with van der Waals surface area (Å²) in [5.41, 5.74) is 2.17. The van der Waals surface area contributed by atoms with Gasteiger partial charge >= 0.3 is 5.97 Å². The van der Waals surface area contributed by atoms with Crippen LogP contribution in [0.1, 0.15) is 39.0 Å². The van der Waals surface area contributed by atoms with Gasteiger partial charge in [-0.3, -0.25) is 9.69 Å². The minimum atomic E-state index is -0.385. The van der Waals surface area contributed by atoms with Gasteiger partial charge in [-0.1, -0.05) is 23.2 Å². The van der Waals surface area contributed by atoms with E-state index < -0.39 is 0 Å². The molecule has 11 nitrogen and oxygen atoms in total. The second kappa shape index (κ2) is 12.3. The molecule has 2 fully saturated rings. The predicted octanol–water partition coefficient (Wildman–Crippen LogP) is 4.44. The van der Waals surface area contributed by atoms with Gasteiger partial charge in [0, 0.05) is 37.8 Å². The first-order valence-electron chi connectivity index (χ1n) is 13.6. The summed E-state index contributed by atoms with van der Waals surface area (Å²) < 4.78 is 24.1. The number of oxazole rings is 1. The maximum atomic E-state index is 13.1. The highest BCUT2D eigenvalue weighted by molar-refractivity contribution is 6.35. The second-order valence-corrected chi connectivity index (χ2v) is 11.0. The zero-order valence-electron chi connectivity index (χ0n) is 22.9. The zero-order chi connectivity index (χ0) is 29.2. The lowest BCUT2D eigenvalue weighted by atomic mass is 10.1. The van der Waals surface area contributed by atoms with Gasteiger partial charge < -0.3 is 28.1 Å². The lowest BCUT2D eigenvalue weighted by Gasteiger charge is -2.34. The number of aromatic nitrogens is 3. The van der Waals surface area contributed by atoms with Crippen molar-refractivity contribution >= 4 is 46.1 Å². The third-order valence-corrected chi connectivity index (χ3v) is 7.99. The van der Waals surface area contributed by atoms with E-state index in [0.717, 1.165) is 29.9 Å². The van der Waals surface area contributed by atoms with Crippen LogP contribution in [0.4, 0.5) is 0 Å². The Balaban J connectivity index is 1.08. The maximum absolute atomic E-state index is 13.1. The van der Waals surface area contributed by atoms with Crippen molar-refractivity contribution < 1.29 is 28.2 Å². The largest absolute Gasteiger partial charge is 0.482 e. The van der Waals surface area contributed by atoms with Crippen LogP contribution in [0.15, 0.2) is 47.0 Å². The number of hydrogen-bond donors (Lipinski definition) is 0. The number of amides is 1. The van der Waals surface area contributed by atoms with Crippen molar-refractivity contribution in [2.75, 3.05) is 39.9 Å². The van der Waals surface area contributed by atoms with E-state index in [1.807, 2.05) is 12.1 Å². The van der Waals surface area contributed by atoms with Crippen LogP contribution < -0.4 is 4.74 Å². The number of benzene rings is 2. The number of hydrogen-bond acceptors (Lipinski definition) is 9. The standard InChI is InChI=1S/C29H29Cl2N5O6/c1-39-29(38)18-2-4-22-23(12-18)36(15-20-6-11-40-20)26(33-22)16-34-7-9-35(10-8-34)28(37)25-14-32-27(42-25)17-41-24-5-3-19(30)13-21(24)31/h2-5,12-14,20H,6-11,15-17H2,1H3/t20-/m0/s1. The number of methoxy groups -OCH3 is 1. The molecule has 220 valence electrons. The van der Waals surface area contributed by atoms with Gasteiger partial charge in [0.1, 0.15) is 11.6 Å². The third-order valence-electron chi connectivity index (χ3n) is 7.46. The summed E-state index contributed by atoms with van der Waals surface area (Å²) in [6.45, 7) is 4.45. The van der Waals surface area contributed by atoms with Crippen molar-refractivity contribution in [2.45, 2.75) is 32.2 Å². The topological polar surface area (TPSA) is 112 Å². The Morgan fingerprint density at radius 2 is 1.90 bits per heavy atom. The van der Waals surface area contributed by atoms with E-state index in [1.54, 1.807) is 29.2 Å². The minimum absolute atomic E-state index is 0.0242. The molecular weight excluding hydrogens is 585 g/mol. The Bertz CT molecular complexity index is 1610. The van der Waals surface area contributed by atoms with Gasteiger partial charge in [0.05, 0.1) is 54.1 Å². The number of carbonyl (C=O) groups is 2. The van der Waals surface area contributed by atoms with Gasteiger partial charge in [0.2, 0.25) is 11.7 Å². The summed E-state index contributed by atoms with van der Waals surface area (Å²) in [5, 5.41) is 0.883. The first-order valence-corrected chi connectivity index (χ1v) is 14.4. The van der Waals surface area contributed by atoms with E-state index >= 15 is 0 Å². The summed E-state index contributed by atoms with van der Waals surface area (Å²) >= 11 is 12.1. The highest BCUT2D eigenvalue weighted by Gasteiger charge is 2.27. The van der Waals surface area contributed by atoms with E-state index in [-0.39, 0.29) is 36.2 Å². The number of fused-ring (bicyclic) bond motifs is 1. The van der Waals surface area contributed by atoms with Gasteiger partial charge in [0.25, 0.3) is 5.91 Å². The summed E-state index contributed by atoms with van der Waals surface area (Å²) in [6.07, 6.45) is 2.53. The first-order chi connectivity index (χ1) is 20.4. The van der Waals surface area contributed by atoms with Crippen LogP contribution in [0.5, 0.6) is 5.75 Å². The number of ether oxygens (including phenoxy) is 3. The fourth-order valence-electron chi connectivity index (χ4n) is 5.05. The maximum Gasteiger partial charge on any atom is 0.337 e. The van der Waals surface area contributed by atoms with Crippen LogP contribution in [0.3, 0.4) is 0 Å². The van der Waals surface area contributed by atoms with E-state index in [9.17, 15) is 9.59 Å². The van der Waals surface area contributed by atoms with Gasteiger partial charge in [0.15, 0.2) is 6.61 Å². The van der Waals surface area contributed by atoms with Crippen LogP contribution in [-0.4, -0.2) is 82.2 Å². The molecular formula is C29H29Cl2N5O6. The highest BCUT2D eigenvalue weighted by Crippen LogP contribution is 2.28. The Morgan fingerprint density at radius 1 is 1.10 bits per heavy atom. The Labute approximate surface area is 251 Å². The zero-order valence-corrected chi connectivity index (χ0v) is 24.4. The molecule has 2 aliphatic heterocycles. The number of esters is 1. The fraction of sp³-hybridized carbons (Fsp3) is 0.379. The molecule has 2 aliphatic rings. The summed E-state index contributed by atoms with van der Waals surface area (Å²) in [5.74, 6) is 1.16. The Hall–Kier alpha value is -3.64. The van der Waals surface area contributed by atoms with E-state index in [1.165, 1.54) is 13.3 Å². The van der Waals surface area contributed by atoms with E-state index in [4.69, 9.17) is 46.8 Å². The van der Waals surface area contributed by atoms with Crippen LogP contribution in [-0.2, 0) is 29.2 Å². The molecule has 4 heterocycles. The van der Waals surface area contributed by atoms with Gasteiger partial charge in [-0.05, 0) is 42.8 Å². The molecule has 0 spiro atoms. The fourth-order valence-corrected chi connectivity index (χ4v) is 5.51. The number of rotatable bonds is 9. The number of nitrogens with zero attached hydrogens (tertiary/aromatic N) is 5. The van der Waals surface area contributed by atoms with Gasteiger partial charge in [-0.15, -0.1) is 0 Å². The lowest BCUT2D eigenvalue weighted by Crippen LogP contribution is -2.48. The Kier molecular flexibility index (Phi) is 8.34. The lowest BCUT2D eigenvalue weighted by molar-refractivity contribution is -0.0592. The molecule has 13 heteroatoms. The summed E-state index contributed by atoms with van der Waals surface area (Å²) in [7, 11) is 1.37. The first kappa shape index (κ1) is 28.5. The molecule has 1 atom stereocenters. The molecule has 0 bridgehead atoms. The number of imidazole rings is 1. The number of halogens is 2. The molecule has 0 N–H and O–H groups in total. The summed E-state index contributed by atoms with van der Waals surface area (Å²) in [4.78, 5) is 38.3. The van der Waals surface area contributed by atoms with Crippen molar-refractivity contribution in [3.8, 4) is 5.75 Å². The molecule has 2 aromatic heterocycles. The van der Waals surface area contributed by atoms with Crippen LogP contribution >= 0.6 is 23.2 Å². The number of piperazine rings is 1. The molecule has 2 aromatic carbocycles. The molecule has 1 amide bonds. The molecule has 2 saturated heterocycles. The quantitative estimate of drug-likeness (QED) is 0.253. The third kappa shape index (κ3) is 6.10. The summed E-state index contributed by atoms with van der Waals surface area (Å²) in [6, 6.07) is 10.3. The molecule has 0 saturated carbocycles. The molecule has 42 heavy (non-hydrogen) atoms. The van der Waals surface area contributed by atoms with Crippen molar-refractivity contribution in [1.29, 1.82) is 0 Å². The van der Waals surface area contributed by atoms with Crippen LogP contribution in [0.25, 0.3) is 11.0 Å². The van der Waals surface area contributed by atoms with Gasteiger partial charge in [-0.25, -0.2) is 14.8 Å². The Morgan fingerprint density at radius 3 is 2.62 bits per heavy atom. The van der Waals surface area contributed by atoms with Crippen molar-refractivity contribution in [3.05, 3.63) is 75.7 Å². The van der Waals surface area contributed by atoms with Gasteiger partial charge in [-0.2, -0.15) is 0 Å². The second-order valence-electron chi connectivity index (χ2n) is 10.2. The smallest absolute Gasteiger partial charge is 0.337 e. The average molecular weight is 614 g/mol. The molecule has 0 unspecified atom stereocenters. The van der Waals surface area contributed by atoms with E-state index in [2.05, 4.69) is 14.5 Å². The SMILES string of the molecule is COC(=O)c1ccc2nc(CN3CCN(C(=O)c4cnc(COc5ccc(Cl)cc5Cl)o4)CC3)n(C[C@@H]3CCO3)c2c1. The molecule has 4 aromatic rings. The number of carbonyl (C=O) groups excluding carboxylic acids is 2. The molecule has 0 radical (unpaired) electrons. The van der Waals surface area contributed by atoms with Crippen LogP contribution in [0.2, 0.25) is 10.0 Å². The van der Waals surface area contributed by atoms with E-state index in [0.29, 0.717) is 60.6 Å². The minimum Gasteiger partial charge on any atom is -0.482 e.